The molecule has 106 valence electrons. The standard InChI is InChI=1S/C17H21NO2/c1-13(15-5-4-6-17(11-15)20-3)18-12-14-7-9-16(19-2)10-8-14/h4-11,13,18H,12H2,1-3H3. The molecule has 0 aliphatic rings. The maximum Gasteiger partial charge on any atom is 0.119 e. The number of ether oxygens (including phenoxy) is 2. The fraction of sp³-hybridized carbons (Fsp3) is 0.294. The van der Waals surface area contributed by atoms with Crippen LogP contribution in [0.3, 0.4) is 0 Å². The molecule has 1 unspecified atom stereocenters. The third-order valence-electron chi connectivity index (χ3n) is 3.37. The van der Waals surface area contributed by atoms with Crippen LogP contribution in [-0.2, 0) is 6.54 Å². The molecule has 0 aromatic heterocycles. The molecule has 0 fully saturated rings. The summed E-state index contributed by atoms with van der Waals surface area (Å²) in [5.41, 5.74) is 2.46. The fourth-order valence-electron chi connectivity index (χ4n) is 2.04. The normalized spacial score (nSPS) is 11.9. The summed E-state index contributed by atoms with van der Waals surface area (Å²) in [5.74, 6) is 1.77. The summed E-state index contributed by atoms with van der Waals surface area (Å²) < 4.78 is 10.4. The van der Waals surface area contributed by atoms with Crippen LogP contribution in [0.4, 0.5) is 0 Å². The topological polar surface area (TPSA) is 30.5 Å². The molecule has 0 radical (unpaired) electrons. The molecule has 3 heteroatoms. The van der Waals surface area contributed by atoms with E-state index in [-0.39, 0.29) is 6.04 Å². The maximum absolute atomic E-state index is 5.25. The van der Waals surface area contributed by atoms with Gasteiger partial charge in [-0.1, -0.05) is 24.3 Å². The predicted molar refractivity (Wildman–Crippen MR) is 81.2 cm³/mol. The van der Waals surface area contributed by atoms with E-state index < -0.39 is 0 Å². The first-order chi connectivity index (χ1) is 9.72. The van der Waals surface area contributed by atoms with E-state index in [9.17, 15) is 0 Å². The van der Waals surface area contributed by atoms with Gasteiger partial charge in [0.15, 0.2) is 0 Å². The minimum atomic E-state index is 0.271. The van der Waals surface area contributed by atoms with E-state index in [4.69, 9.17) is 9.47 Å². The van der Waals surface area contributed by atoms with Gasteiger partial charge in [0.1, 0.15) is 11.5 Å². The SMILES string of the molecule is COc1ccc(CNC(C)c2cccc(OC)c2)cc1. The van der Waals surface area contributed by atoms with Crippen LogP contribution in [0.2, 0.25) is 0 Å². The van der Waals surface area contributed by atoms with Crippen LogP contribution in [0, 0.1) is 0 Å². The fourth-order valence-corrected chi connectivity index (χ4v) is 2.04. The Balaban J connectivity index is 1.95. The van der Waals surface area contributed by atoms with Gasteiger partial charge in [-0.05, 0) is 42.3 Å². The molecule has 0 saturated carbocycles. The maximum atomic E-state index is 5.25. The third-order valence-corrected chi connectivity index (χ3v) is 3.37. The summed E-state index contributed by atoms with van der Waals surface area (Å²) in [4.78, 5) is 0. The van der Waals surface area contributed by atoms with Crippen LogP contribution >= 0.6 is 0 Å². The summed E-state index contributed by atoms with van der Waals surface area (Å²) >= 11 is 0. The smallest absolute Gasteiger partial charge is 0.119 e. The predicted octanol–water partition coefficient (Wildman–Crippen LogP) is 3.55. The first-order valence-electron chi connectivity index (χ1n) is 6.73. The zero-order valence-electron chi connectivity index (χ0n) is 12.2. The number of hydrogen-bond donors (Lipinski definition) is 1. The van der Waals surface area contributed by atoms with E-state index in [1.165, 1.54) is 11.1 Å². The van der Waals surface area contributed by atoms with E-state index in [1.807, 2.05) is 24.3 Å². The van der Waals surface area contributed by atoms with Crippen molar-refractivity contribution in [1.82, 2.24) is 5.32 Å². The van der Waals surface area contributed by atoms with Crippen LogP contribution in [0.1, 0.15) is 24.1 Å². The van der Waals surface area contributed by atoms with Gasteiger partial charge in [0.2, 0.25) is 0 Å². The lowest BCUT2D eigenvalue weighted by molar-refractivity contribution is 0.413. The molecule has 3 nitrogen and oxygen atoms in total. The summed E-state index contributed by atoms with van der Waals surface area (Å²) in [6.07, 6.45) is 0. The quantitative estimate of drug-likeness (QED) is 0.871. The van der Waals surface area contributed by atoms with E-state index in [2.05, 4.69) is 36.5 Å². The molecule has 0 amide bonds. The molecule has 0 saturated heterocycles. The Bertz CT molecular complexity index is 537. The second-order valence-electron chi connectivity index (χ2n) is 4.73. The Morgan fingerprint density at radius 2 is 1.65 bits per heavy atom. The molecular formula is C17H21NO2. The van der Waals surface area contributed by atoms with E-state index in [0.29, 0.717) is 0 Å². The molecule has 0 bridgehead atoms. The van der Waals surface area contributed by atoms with E-state index in [1.54, 1.807) is 14.2 Å². The van der Waals surface area contributed by atoms with Gasteiger partial charge in [-0.3, -0.25) is 0 Å². The highest BCUT2D eigenvalue weighted by atomic mass is 16.5. The molecule has 20 heavy (non-hydrogen) atoms. The lowest BCUT2D eigenvalue weighted by atomic mass is 10.1. The average molecular weight is 271 g/mol. The number of rotatable bonds is 6. The van der Waals surface area contributed by atoms with Gasteiger partial charge >= 0.3 is 0 Å². The van der Waals surface area contributed by atoms with Crippen LogP contribution in [0.15, 0.2) is 48.5 Å². The largest absolute Gasteiger partial charge is 0.497 e. The van der Waals surface area contributed by atoms with Crippen molar-refractivity contribution < 1.29 is 9.47 Å². The van der Waals surface area contributed by atoms with Crippen molar-refractivity contribution in [3.63, 3.8) is 0 Å². The lowest BCUT2D eigenvalue weighted by Crippen LogP contribution is -2.18. The molecule has 1 atom stereocenters. The van der Waals surface area contributed by atoms with Gasteiger partial charge in [0, 0.05) is 12.6 Å². The second-order valence-corrected chi connectivity index (χ2v) is 4.73. The first-order valence-corrected chi connectivity index (χ1v) is 6.73. The molecule has 2 aromatic rings. The average Bonchev–Trinajstić information content (AvgIpc) is 2.53. The molecule has 0 spiro atoms. The van der Waals surface area contributed by atoms with Crippen molar-refractivity contribution in [2.45, 2.75) is 19.5 Å². The Hall–Kier alpha value is -2.00. The van der Waals surface area contributed by atoms with Gasteiger partial charge in [0.25, 0.3) is 0 Å². The molecule has 0 heterocycles. The third kappa shape index (κ3) is 3.75. The Kier molecular flexibility index (Phi) is 5.02. The minimum absolute atomic E-state index is 0.271. The summed E-state index contributed by atoms with van der Waals surface area (Å²) in [7, 11) is 3.37. The highest BCUT2D eigenvalue weighted by molar-refractivity contribution is 5.31. The molecule has 0 aliphatic heterocycles. The van der Waals surface area contributed by atoms with Crippen LogP contribution < -0.4 is 14.8 Å². The van der Waals surface area contributed by atoms with Gasteiger partial charge < -0.3 is 14.8 Å². The number of methoxy groups -OCH3 is 2. The molecule has 1 N–H and O–H groups in total. The zero-order chi connectivity index (χ0) is 14.4. The number of nitrogens with one attached hydrogen (secondary N) is 1. The van der Waals surface area contributed by atoms with Gasteiger partial charge in [-0.25, -0.2) is 0 Å². The summed E-state index contributed by atoms with van der Waals surface area (Å²) in [6, 6.07) is 16.5. The second kappa shape index (κ2) is 6.96. The monoisotopic (exact) mass is 271 g/mol. The highest BCUT2D eigenvalue weighted by Gasteiger charge is 2.06. The van der Waals surface area contributed by atoms with Crippen molar-refractivity contribution in [2.75, 3.05) is 14.2 Å². The first kappa shape index (κ1) is 14.4. The van der Waals surface area contributed by atoms with Crippen molar-refractivity contribution in [2.24, 2.45) is 0 Å². The number of benzene rings is 2. The van der Waals surface area contributed by atoms with Crippen LogP contribution in [0.5, 0.6) is 11.5 Å². The van der Waals surface area contributed by atoms with Gasteiger partial charge in [-0.2, -0.15) is 0 Å². The Morgan fingerprint density at radius 1 is 0.950 bits per heavy atom. The van der Waals surface area contributed by atoms with Crippen molar-refractivity contribution in [1.29, 1.82) is 0 Å². The van der Waals surface area contributed by atoms with E-state index >= 15 is 0 Å². The minimum Gasteiger partial charge on any atom is -0.497 e. The zero-order valence-corrected chi connectivity index (χ0v) is 12.2. The van der Waals surface area contributed by atoms with Crippen LogP contribution in [0.25, 0.3) is 0 Å². The Labute approximate surface area is 120 Å². The lowest BCUT2D eigenvalue weighted by Gasteiger charge is -2.15. The molecule has 2 aromatic carbocycles. The summed E-state index contributed by atoms with van der Waals surface area (Å²) in [6.45, 7) is 2.97. The molecule has 0 aliphatic carbocycles. The van der Waals surface area contributed by atoms with Crippen molar-refractivity contribution in [3.8, 4) is 11.5 Å². The van der Waals surface area contributed by atoms with Gasteiger partial charge in [-0.15, -0.1) is 0 Å². The van der Waals surface area contributed by atoms with Crippen molar-refractivity contribution >= 4 is 0 Å². The Morgan fingerprint density at radius 3 is 2.30 bits per heavy atom. The summed E-state index contributed by atoms with van der Waals surface area (Å²) in [5, 5.41) is 3.51. The van der Waals surface area contributed by atoms with Gasteiger partial charge in [0.05, 0.1) is 14.2 Å². The van der Waals surface area contributed by atoms with Crippen LogP contribution in [-0.4, -0.2) is 14.2 Å². The van der Waals surface area contributed by atoms with E-state index in [0.717, 1.165) is 18.0 Å². The highest BCUT2D eigenvalue weighted by Crippen LogP contribution is 2.19. The number of hydrogen-bond acceptors (Lipinski definition) is 3. The molecule has 2 rings (SSSR count). The van der Waals surface area contributed by atoms with Crippen molar-refractivity contribution in [3.05, 3.63) is 59.7 Å². The molecular weight excluding hydrogens is 250 g/mol.